The summed E-state index contributed by atoms with van der Waals surface area (Å²) in [5.41, 5.74) is 2.01. The van der Waals surface area contributed by atoms with Crippen LogP contribution in [0.1, 0.15) is 51.1 Å². The molecule has 158 valence electrons. The second kappa shape index (κ2) is 13.3. The third kappa shape index (κ3) is 8.34. The molecule has 0 spiro atoms. The summed E-state index contributed by atoms with van der Waals surface area (Å²) in [7, 11) is -1.51. The maximum atomic E-state index is 11.7. The lowest BCUT2D eigenvalue weighted by Gasteiger charge is -2.16. The van der Waals surface area contributed by atoms with Gasteiger partial charge in [-0.25, -0.2) is 17.7 Å². The van der Waals surface area contributed by atoms with Crippen molar-refractivity contribution in [3.05, 3.63) is 17.0 Å². The molecule has 0 saturated heterocycles. The van der Waals surface area contributed by atoms with E-state index in [0.717, 1.165) is 36.4 Å². The number of hydrogen-bond acceptors (Lipinski definition) is 5. The van der Waals surface area contributed by atoms with Gasteiger partial charge in [0.2, 0.25) is 10.0 Å². The minimum Gasteiger partial charge on any atom is -0.361 e. The summed E-state index contributed by atoms with van der Waals surface area (Å²) in [4.78, 5) is 4.62. The molecule has 0 unspecified atom stereocenters. The molecule has 0 aliphatic heterocycles. The molecular weight excluding hydrogens is 481 g/mol. The molecule has 0 aliphatic rings. The van der Waals surface area contributed by atoms with E-state index in [1.807, 2.05) is 13.8 Å². The van der Waals surface area contributed by atoms with Gasteiger partial charge in [0.15, 0.2) is 5.96 Å². The maximum absolute atomic E-state index is 11.7. The second-order valence-corrected chi connectivity index (χ2v) is 8.30. The van der Waals surface area contributed by atoms with Crippen molar-refractivity contribution >= 4 is 40.0 Å². The van der Waals surface area contributed by atoms with Crippen LogP contribution in [0, 0.1) is 0 Å². The minimum atomic E-state index is -3.12. The second-order valence-electron chi connectivity index (χ2n) is 5.94. The Morgan fingerprint density at radius 3 is 2.44 bits per heavy atom. The zero-order valence-electron chi connectivity index (χ0n) is 17.0. The number of halogens is 1. The van der Waals surface area contributed by atoms with Gasteiger partial charge in [-0.05, 0) is 26.7 Å². The molecule has 0 radical (unpaired) electrons. The molecule has 0 aromatic carbocycles. The van der Waals surface area contributed by atoms with E-state index < -0.39 is 10.0 Å². The van der Waals surface area contributed by atoms with Gasteiger partial charge in [-0.3, -0.25) is 0 Å². The Bertz CT molecular complexity index is 655. The Morgan fingerprint density at radius 1 is 1.19 bits per heavy atom. The monoisotopic (exact) mass is 515 g/mol. The lowest BCUT2D eigenvalue weighted by atomic mass is 10.1. The third-order valence-electron chi connectivity index (χ3n) is 4.13. The van der Waals surface area contributed by atoms with Crippen LogP contribution in [0.5, 0.6) is 0 Å². The van der Waals surface area contributed by atoms with Crippen LogP contribution in [0.2, 0.25) is 0 Å². The standard InChI is InChI=1S/C17H33N5O3S.HI/c1-6-15-14(16(7-2)25-21-15)13-20-17(18-8-3)19-11-10-12-22(5)26(23,24)9-4;/h6-13H2,1-5H3,(H2,18,19,20);1H. The van der Waals surface area contributed by atoms with E-state index in [1.165, 1.54) is 4.31 Å². The summed E-state index contributed by atoms with van der Waals surface area (Å²) in [5, 5.41) is 10.6. The molecule has 1 heterocycles. The molecule has 8 nitrogen and oxygen atoms in total. The van der Waals surface area contributed by atoms with Crippen molar-refractivity contribution in [3.63, 3.8) is 0 Å². The Kier molecular flexibility index (Phi) is 12.9. The average Bonchev–Trinajstić information content (AvgIpc) is 3.04. The van der Waals surface area contributed by atoms with Crippen LogP contribution in [-0.2, 0) is 29.4 Å². The average molecular weight is 515 g/mol. The molecule has 27 heavy (non-hydrogen) atoms. The first-order valence-corrected chi connectivity index (χ1v) is 10.9. The van der Waals surface area contributed by atoms with Gasteiger partial charge < -0.3 is 15.2 Å². The van der Waals surface area contributed by atoms with Crippen LogP contribution >= 0.6 is 24.0 Å². The molecule has 1 aromatic heterocycles. The van der Waals surface area contributed by atoms with Crippen LogP contribution in [0.3, 0.4) is 0 Å². The highest BCUT2D eigenvalue weighted by atomic mass is 127. The molecule has 0 saturated carbocycles. The van der Waals surface area contributed by atoms with Crippen molar-refractivity contribution in [2.24, 2.45) is 4.99 Å². The van der Waals surface area contributed by atoms with Crippen molar-refractivity contribution in [2.45, 2.75) is 53.5 Å². The number of nitrogens with one attached hydrogen (secondary N) is 2. The Labute approximate surface area is 180 Å². The first-order chi connectivity index (χ1) is 12.4. The Morgan fingerprint density at radius 2 is 1.89 bits per heavy atom. The number of nitrogens with zero attached hydrogens (tertiary/aromatic N) is 3. The fraction of sp³-hybridized carbons (Fsp3) is 0.765. The molecule has 10 heteroatoms. The highest BCUT2D eigenvalue weighted by Crippen LogP contribution is 2.16. The largest absolute Gasteiger partial charge is 0.361 e. The lowest BCUT2D eigenvalue weighted by molar-refractivity contribution is 0.380. The van der Waals surface area contributed by atoms with Crippen LogP contribution < -0.4 is 10.6 Å². The lowest BCUT2D eigenvalue weighted by Crippen LogP contribution is -2.39. The highest BCUT2D eigenvalue weighted by molar-refractivity contribution is 14.0. The summed E-state index contributed by atoms with van der Waals surface area (Å²) >= 11 is 0. The van der Waals surface area contributed by atoms with Crippen molar-refractivity contribution in [1.29, 1.82) is 0 Å². The maximum Gasteiger partial charge on any atom is 0.213 e. The SMILES string of the molecule is CCNC(=NCc1c(CC)noc1CC)NCCCN(C)S(=O)(=O)CC.I. The third-order valence-corrected chi connectivity index (χ3v) is 5.99. The summed E-state index contributed by atoms with van der Waals surface area (Å²) < 4.78 is 30.3. The fourth-order valence-electron chi connectivity index (χ4n) is 2.48. The normalized spacial score (nSPS) is 12.1. The van der Waals surface area contributed by atoms with Crippen molar-refractivity contribution in [1.82, 2.24) is 20.1 Å². The quantitative estimate of drug-likeness (QED) is 0.203. The number of rotatable bonds is 11. The molecule has 0 aliphatic carbocycles. The van der Waals surface area contributed by atoms with Gasteiger partial charge in [-0.2, -0.15) is 0 Å². The highest BCUT2D eigenvalue weighted by Gasteiger charge is 2.15. The summed E-state index contributed by atoms with van der Waals surface area (Å²) in [6.07, 6.45) is 2.31. The van der Waals surface area contributed by atoms with Crippen molar-refractivity contribution in [3.8, 4) is 0 Å². The van der Waals surface area contributed by atoms with Gasteiger partial charge in [-0.1, -0.05) is 19.0 Å². The molecule has 1 aromatic rings. The molecule has 1 rings (SSSR count). The number of sulfonamides is 1. The smallest absolute Gasteiger partial charge is 0.213 e. The van der Waals surface area contributed by atoms with Crippen LogP contribution in [-0.4, -0.2) is 56.3 Å². The van der Waals surface area contributed by atoms with Crippen molar-refractivity contribution in [2.75, 3.05) is 32.4 Å². The van der Waals surface area contributed by atoms with Gasteiger partial charge in [0.05, 0.1) is 18.0 Å². The first kappa shape index (κ1) is 26.1. The molecule has 0 fully saturated rings. The van der Waals surface area contributed by atoms with E-state index in [9.17, 15) is 8.42 Å². The summed E-state index contributed by atoms with van der Waals surface area (Å²) in [5.74, 6) is 1.71. The van der Waals surface area contributed by atoms with E-state index in [0.29, 0.717) is 32.0 Å². The molecular formula is C17H34IN5O3S. The predicted molar refractivity (Wildman–Crippen MR) is 120 cm³/mol. The van der Waals surface area contributed by atoms with E-state index in [-0.39, 0.29) is 29.7 Å². The van der Waals surface area contributed by atoms with E-state index >= 15 is 0 Å². The van der Waals surface area contributed by atoms with E-state index in [1.54, 1.807) is 14.0 Å². The van der Waals surface area contributed by atoms with E-state index in [2.05, 4.69) is 27.7 Å². The number of hydrogen-bond donors (Lipinski definition) is 2. The Hall–Kier alpha value is -0.880. The topological polar surface area (TPSA) is 99.8 Å². The van der Waals surface area contributed by atoms with Gasteiger partial charge >= 0.3 is 0 Å². The number of aryl methyl sites for hydroxylation is 2. The van der Waals surface area contributed by atoms with Gasteiger partial charge in [0, 0.05) is 38.7 Å². The first-order valence-electron chi connectivity index (χ1n) is 9.31. The predicted octanol–water partition coefficient (Wildman–Crippen LogP) is 2.14. The molecule has 2 N–H and O–H groups in total. The summed E-state index contributed by atoms with van der Waals surface area (Å²) in [6.45, 7) is 10.1. The van der Waals surface area contributed by atoms with Crippen LogP contribution in [0.15, 0.2) is 9.52 Å². The Balaban J connectivity index is 0.00000676. The van der Waals surface area contributed by atoms with Crippen LogP contribution in [0.25, 0.3) is 0 Å². The fourth-order valence-corrected chi connectivity index (χ4v) is 3.33. The van der Waals surface area contributed by atoms with Gasteiger partial charge in [-0.15, -0.1) is 24.0 Å². The molecule has 0 bridgehead atoms. The number of guanidine groups is 1. The van der Waals surface area contributed by atoms with Crippen molar-refractivity contribution < 1.29 is 12.9 Å². The number of aromatic nitrogens is 1. The zero-order chi connectivity index (χ0) is 19.6. The molecule has 0 amide bonds. The molecule has 0 atom stereocenters. The van der Waals surface area contributed by atoms with Gasteiger partial charge in [0.25, 0.3) is 0 Å². The summed E-state index contributed by atoms with van der Waals surface area (Å²) in [6, 6.07) is 0. The number of aliphatic imine (C=N–C) groups is 1. The van der Waals surface area contributed by atoms with Gasteiger partial charge in [0.1, 0.15) is 5.76 Å². The zero-order valence-corrected chi connectivity index (χ0v) is 20.2. The van der Waals surface area contributed by atoms with E-state index in [4.69, 9.17) is 4.52 Å². The van der Waals surface area contributed by atoms with Crippen LogP contribution in [0.4, 0.5) is 0 Å². The minimum absolute atomic E-state index is 0.